The van der Waals surface area contributed by atoms with Crippen LogP contribution in [0.1, 0.15) is 46.0 Å². The van der Waals surface area contributed by atoms with Crippen molar-refractivity contribution in [3.05, 3.63) is 0 Å². The van der Waals surface area contributed by atoms with Gasteiger partial charge in [-0.25, -0.2) is 0 Å². The summed E-state index contributed by atoms with van der Waals surface area (Å²) in [6.07, 6.45) is 6.92. The van der Waals surface area contributed by atoms with Gasteiger partial charge in [0.15, 0.2) is 0 Å². The van der Waals surface area contributed by atoms with E-state index in [1.807, 2.05) is 0 Å². The first-order chi connectivity index (χ1) is 9.10. The van der Waals surface area contributed by atoms with Crippen LogP contribution < -0.4 is 10.6 Å². The number of hydrogen-bond donors (Lipinski definition) is 2. The summed E-state index contributed by atoms with van der Waals surface area (Å²) >= 11 is 0. The molecule has 3 nitrogen and oxygen atoms in total. The summed E-state index contributed by atoms with van der Waals surface area (Å²) in [7, 11) is 2.22. The second kappa shape index (κ2) is 7.05. The maximum absolute atomic E-state index is 3.70. The number of hydrogen-bond acceptors (Lipinski definition) is 3. The average Bonchev–Trinajstić information content (AvgIpc) is 3.10. The van der Waals surface area contributed by atoms with Gasteiger partial charge >= 0.3 is 0 Å². The topological polar surface area (TPSA) is 27.3 Å². The first-order valence-corrected chi connectivity index (χ1v) is 8.22. The van der Waals surface area contributed by atoms with E-state index in [9.17, 15) is 0 Å². The van der Waals surface area contributed by atoms with E-state index in [4.69, 9.17) is 0 Å². The highest BCUT2D eigenvalue weighted by Gasteiger charge is 2.41. The minimum Gasteiger partial charge on any atom is -0.315 e. The van der Waals surface area contributed by atoms with Crippen molar-refractivity contribution in [2.24, 2.45) is 11.3 Å². The summed E-state index contributed by atoms with van der Waals surface area (Å²) in [5.41, 5.74) is 0.668. The van der Waals surface area contributed by atoms with Crippen molar-refractivity contribution in [1.82, 2.24) is 15.5 Å². The smallest absolute Gasteiger partial charge is 0.00919 e. The Bertz CT molecular complexity index is 253. The predicted molar refractivity (Wildman–Crippen MR) is 82.5 cm³/mol. The van der Waals surface area contributed by atoms with Gasteiger partial charge in [0.25, 0.3) is 0 Å². The van der Waals surface area contributed by atoms with Crippen molar-refractivity contribution in [2.75, 3.05) is 39.8 Å². The van der Waals surface area contributed by atoms with Crippen LogP contribution >= 0.6 is 0 Å². The molecule has 19 heavy (non-hydrogen) atoms. The summed E-state index contributed by atoms with van der Waals surface area (Å²) in [6, 6.07) is 0.753. The fourth-order valence-corrected chi connectivity index (χ4v) is 3.43. The second-order valence-electron chi connectivity index (χ2n) is 7.31. The van der Waals surface area contributed by atoms with E-state index in [0.717, 1.165) is 25.0 Å². The van der Waals surface area contributed by atoms with Crippen LogP contribution in [0.2, 0.25) is 0 Å². The standard InChI is InChI=1S/C16H33N3/c1-14(2)12-16(6-7-16)13-17-8-9-18-15-4-10-19(3)11-5-15/h14-15,17-18H,4-13H2,1-3H3. The summed E-state index contributed by atoms with van der Waals surface area (Å²) in [5, 5.41) is 7.37. The molecule has 0 spiro atoms. The Balaban J connectivity index is 1.48. The van der Waals surface area contributed by atoms with Gasteiger partial charge in [-0.3, -0.25) is 0 Å². The maximum atomic E-state index is 3.70. The fraction of sp³-hybridized carbons (Fsp3) is 1.00. The van der Waals surface area contributed by atoms with Crippen molar-refractivity contribution in [1.29, 1.82) is 0 Å². The van der Waals surface area contributed by atoms with Crippen LogP contribution in [0.25, 0.3) is 0 Å². The first kappa shape index (κ1) is 15.3. The Labute approximate surface area is 119 Å². The minimum absolute atomic E-state index is 0.668. The van der Waals surface area contributed by atoms with Crippen LogP contribution in [0, 0.1) is 11.3 Å². The van der Waals surface area contributed by atoms with Gasteiger partial charge in [-0.1, -0.05) is 13.8 Å². The predicted octanol–water partition coefficient (Wildman–Crippen LogP) is 2.09. The summed E-state index contributed by atoms with van der Waals surface area (Å²) < 4.78 is 0. The van der Waals surface area contributed by atoms with E-state index < -0.39 is 0 Å². The third-order valence-corrected chi connectivity index (χ3v) is 4.75. The van der Waals surface area contributed by atoms with Gasteiger partial charge in [0, 0.05) is 25.7 Å². The molecule has 0 aromatic carbocycles. The molecule has 2 N–H and O–H groups in total. The molecule has 112 valence electrons. The summed E-state index contributed by atoms with van der Waals surface area (Å²) in [6.45, 7) is 10.7. The molecule has 1 aliphatic carbocycles. The zero-order chi connectivity index (χ0) is 13.7. The monoisotopic (exact) mass is 267 g/mol. The third kappa shape index (κ3) is 5.41. The van der Waals surface area contributed by atoms with E-state index in [1.54, 1.807) is 0 Å². The van der Waals surface area contributed by atoms with Crippen molar-refractivity contribution >= 4 is 0 Å². The molecule has 3 heteroatoms. The lowest BCUT2D eigenvalue weighted by molar-refractivity contribution is 0.234. The normalized spacial score (nSPS) is 24.0. The summed E-state index contributed by atoms with van der Waals surface area (Å²) in [4.78, 5) is 2.43. The van der Waals surface area contributed by atoms with E-state index in [-0.39, 0.29) is 0 Å². The van der Waals surface area contributed by atoms with Gasteiger partial charge in [-0.15, -0.1) is 0 Å². The first-order valence-electron chi connectivity index (χ1n) is 8.22. The van der Waals surface area contributed by atoms with Crippen LogP contribution in [0.5, 0.6) is 0 Å². The van der Waals surface area contributed by atoms with Crippen molar-refractivity contribution in [3.8, 4) is 0 Å². The lowest BCUT2D eigenvalue weighted by atomic mass is 9.94. The zero-order valence-electron chi connectivity index (χ0n) is 13.2. The lowest BCUT2D eigenvalue weighted by Crippen LogP contribution is -2.43. The second-order valence-corrected chi connectivity index (χ2v) is 7.31. The minimum atomic E-state index is 0.668. The molecule has 2 aliphatic rings. The number of nitrogens with zero attached hydrogens (tertiary/aromatic N) is 1. The van der Waals surface area contributed by atoms with Gasteiger partial charge in [0.05, 0.1) is 0 Å². The van der Waals surface area contributed by atoms with Crippen molar-refractivity contribution < 1.29 is 0 Å². The van der Waals surface area contributed by atoms with Crippen LogP contribution in [0.15, 0.2) is 0 Å². The molecular formula is C16H33N3. The van der Waals surface area contributed by atoms with Gasteiger partial charge in [0.1, 0.15) is 0 Å². The van der Waals surface area contributed by atoms with Gasteiger partial charge in [-0.05, 0) is 63.6 Å². The molecule has 0 amide bonds. The highest BCUT2D eigenvalue weighted by molar-refractivity contribution is 4.95. The number of likely N-dealkylation sites (tertiary alicyclic amines) is 1. The number of rotatable bonds is 8. The van der Waals surface area contributed by atoms with Crippen LogP contribution in [-0.2, 0) is 0 Å². The third-order valence-electron chi connectivity index (χ3n) is 4.75. The van der Waals surface area contributed by atoms with Crippen LogP contribution in [0.4, 0.5) is 0 Å². The molecule has 0 aromatic heterocycles. The molecule has 1 aliphatic heterocycles. The molecular weight excluding hydrogens is 234 g/mol. The zero-order valence-corrected chi connectivity index (χ0v) is 13.2. The van der Waals surface area contributed by atoms with Crippen LogP contribution in [0.3, 0.4) is 0 Å². The Morgan fingerprint density at radius 1 is 1.16 bits per heavy atom. The summed E-state index contributed by atoms with van der Waals surface area (Å²) in [5.74, 6) is 0.849. The molecule has 0 atom stereocenters. The molecule has 1 saturated carbocycles. The fourth-order valence-electron chi connectivity index (χ4n) is 3.43. The SMILES string of the molecule is CC(C)CC1(CNCCNC2CCN(C)CC2)CC1. The number of piperidine rings is 1. The van der Waals surface area contributed by atoms with Crippen molar-refractivity contribution in [2.45, 2.75) is 52.0 Å². The highest BCUT2D eigenvalue weighted by atomic mass is 15.1. The molecule has 0 unspecified atom stereocenters. The Hall–Kier alpha value is -0.120. The quantitative estimate of drug-likeness (QED) is 0.660. The van der Waals surface area contributed by atoms with Gasteiger partial charge in [-0.2, -0.15) is 0 Å². The van der Waals surface area contributed by atoms with E-state index in [1.165, 1.54) is 51.7 Å². The Morgan fingerprint density at radius 3 is 2.42 bits per heavy atom. The molecule has 1 heterocycles. The van der Waals surface area contributed by atoms with Gasteiger partial charge in [0.2, 0.25) is 0 Å². The largest absolute Gasteiger partial charge is 0.315 e. The average molecular weight is 267 g/mol. The van der Waals surface area contributed by atoms with E-state index >= 15 is 0 Å². The Kier molecular flexibility index (Phi) is 5.67. The molecule has 0 aromatic rings. The number of nitrogens with one attached hydrogen (secondary N) is 2. The molecule has 1 saturated heterocycles. The van der Waals surface area contributed by atoms with E-state index in [2.05, 4.69) is 36.4 Å². The molecule has 0 bridgehead atoms. The van der Waals surface area contributed by atoms with Crippen molar-refractivity contribution in [3.63, 3.8) is 0 Å². The van der Waals surface area contributed by atoms with Gasteiger partial charge < -0.3 is 15.5 Å². The lowest BCUT2D eigenvalue weighted by Gasteiger charge is -2.29. The van der Waals surface area contributed by atoms with Crippen LogP contribution in [-0.4, -0.2) is 50.7 Å². The molecule has 2 fully saturated rings. The maximum Gasteiger partial charge on any atom is 0.00919 e. The molecule has 2 rings (SSSR count). The van der Waals surface area contributed by atoms with E-state index in [0.29, 0.717) is 5.41 Å². The highest BCUT2D eigenvalue weighted by Crippen LogP contribution is 2.49. The Morgan fingerprint density at radius 2 is 1.84 bits per heavy atom. The molecule has 0 radical (unpaired) electrons.